The number of carbonyl (C=O) groups excluding carboxylic acids is 3. The van der Waals surface area contributed by atoms with Gasteiger partial charge in [0, 0.05) is 4.43 Å². The van der Waals surface area contributed by atoms with Gasteiger partial charge in [-0.15, -0.1) is 0 Å². The first-order chi connectivity index (χ1) is 17.5. The number of urea groups is 1. The van der Waals surface area contributed by atoms with Crippen LogP contribution in [0.1, 0.15) is 41.6 Å². The van der Waals surface area contributed by atoms with Gasteiger partial charge in [-0.25, -0.2) is 14.5 Å². The molecule has 3 aromatic carbocycles. The van der Waals surface area contributed by atoms with Gasteiger partial charge < -0.3 is 10.1 Å². The highest BCUT2D eigenvalue weighted by atomic mass is 127. The lowest BCUT2D eigenvalue weighted by Crippen LogP contribution is -2.68. The molecule has 1 fully saturated rings. The number of amides is 3. The molecule has 186 valence electrons. The van der Waals surface area contributed by atoms with E-state index in [1.165, 1.54) is 5.56 Å². The molecule has 1 heterocycles. The van der Waals surface area contributed by atoms with Crippen molar-refractivity contribution in [2.75, 3.05) is 0 Å². The minimum Gasteiger partial charge on any atom is -0.459 e. The maximum Gasteiger partial charge on any atom is 0.330 e. The Morgan fingerprint density at radius 2 is 1.53 bits per heavy atom. The highest BCUT2D eigenvalue weighted by Crippen LogP contribution is 2.33. The zero-order valence-corrected chi connectivity index (χ0v) is 22.3. The molecule has 0 radical (unpaired) electrons. The number of ether oxygens (including phenoxy) is 1. The molecule has 4 rings (SSSR count). The van der Waals surface area contributed by atoms with Crippen LogP contribution in [0.5, 0.6) is 0 Å². The number of nitrogens with one attached hydrogen (secondary N) is 1. The maximum absolute atomic E-state index is 13.1. The number of likely N-dealkylation sites (tertiary alicyclic amines) is 1. The second-order valence-electron chi connectivity index (χ2n) is 8.92. The van der Waals surface area contributed by atoms with Crippen LogP contribution in [0.3, 0.4) is 0 Å². The Morgan fingerprint density at radius 1 is 0.917 bits per heavy atom. The summed E-state index contributed by atoms with van der Waals surface area (Å²) in [5.41, 5.74) is 4.08. The fraction of sp³-hybridized carbons (Fsp3) is 0.276. The van der Waals surface area contributed by atoms with E-state index in [1.807, 2.05) is 79.7 Å². The molecule has 0 bridgehead atoms. The van der Waals surface area contributed by atoms with Gasteiger partial charge in [-0.05, 0) is 42.0 Å². The topological polar surface area (TPSA) is 75.7 Å². The summed E-state index contributed by atoms with van der Waals surface area (Å²) in [5, 5.41) is 2.85. The van der Waals surface area contributed by atoms with E-state index in [2.05, 4.69) is 40.0 Å². The second kappa shape index (κ2) is 12.2. The van der Waals surface area contributed by atoms with Crippen LogP contribution in [-0.2, 0) is 31.8 Å². The number of carbonyl (C=O) groups is 3. The summed E-state index contributed by atoms with van der Waals surface area (Å²) in [6, 6.07) is 25.2. The number of hydrogen-bond acceptors (Lipinski definition) is 4. The van der Waals surface area contributed by atoms with Crippen molar-refractivity contribution in [2.45, 2.75) is 42.9 Å². The lowest BCUT2D eigenvalue weighted by atomic mass is 9.82. The molecule has 1 aliphatic rings. The smallest absolute Gasteiger partial charge is 0.330 e. The number of halogens is 1. The predicted octanol–water partition coefficient (Wildman–Crippen LogP) is 5.60. The fourth-order valence-corrected chi connectivity index (χ4v) is 4.85. The number of aryl methyl sites for hydroxylation is 1. The summed E-state index contributed by atoms with van der Waals surface area (Å²) >= 11 is 2.32. The standard InChI is InChI=1S/C29H29IN2O4/c1-20(24-10-6-3-7-11-24)31-29(35)32-26(28(34)36-19-23-8-4-2-5-9-23)25(27(32)33)17-16-21-12-14-22(18-30)15-13-21/h2-15,20,25-26H,16-19H2,1H3,(H,31,35)/t20-,25-,26+/m1/s1. The number of rotatable bonds is 9. The first kappa shape index (κ1) is 25.9. The number of nitrogens with zero attached hydrogens (tertiary/aromatic N) is 1. The summed E-state index contributed by atoms with van der Waals surface area (Å²) < 4.78 is 6.48. The molecule has 3 atom stereocenters. The van der Waals surface area contributed by atoms with Crippen LogP contribution >= 0.6 is 22.6 Å². The number of benzene rings is 3. The monoisotopic (exact) mass is 596 g/mol. The maximum atomic E-state index is 13.1. The zero-order chi connectivity index (χ0) is 25.5. The van der Waals surface area contributed by atoms with Gasteiger partial charge in [-0.2, -0.15) is 0 Å². The Labute approximate surface area is 225 Å². The van der Waals surface area contributed by atoms with E-state index in [0.29, 0.717) is 12.8 Å². The van der Waals surface area contributed by atoms with Gasteiger partial charge in [0.2, 0.25) is 5.91 Å². The van der Waals surface area contributed by atoms with Gasteiger partial charge in [0.05, 0.1) is 12.0 Å². The average molecular weight is 596 g/mol. The third kappa shape index (κ3) is 6.13. The van der Waals surface area contributed by atoms with E-state index in [9.17, 15) is 14.4 Å². The van der Waals surface area contributed by atoms with Crippen LogP contribution in [0.4, 0.5) is 4.79 Å². The summed E-state index contributed by atoms with van der Waals surface area (Å²) in [7, 11) is 0. The summed E-state index contributed by atoms with van der Waals surface area (Å²) in [5.74, 6) is -1.51. The first-order valence-corrected chi connectivity index (χ1v) is 13.5. The Bertz CT molecular complexity index is 1180. The van der Waals surface area contributed by atoms with Crippen LogP contribution < -0.4 is 5.32 Å². The van der Waals surface area contributed by atoms with Crippen LogP contribution in [0.2, 0.25) is 0 Å². The van der Waals surface area contributed by atoms with Gasteiger partial charge >= 0.3 is 12.0 Å². The molecule has 6 nitrogen and oxygen atoms in total. The second-order valence-corrected chi connectivity index (χ2v) is 9.69. The Hall–Kier alpha value is -3.20. The van der Waals surface area contributed by atoms with E-state index in [1.54, 1.807) is 0 Å². The average Bonchev–Trinajstić information content (AvgIpc) is 2.91. The zero-order valence-electron chi connectivity index (χ0n) is 20.1. The molecule has 36 heavy (non-hydrogen) atoms. The predicted molar refractivity (Wildman–Crippen MR) is 146 cm³/mol. The SMILES string of the molecule is C[C@@H](NC(=O)N1C(=O)[C@H](CCc2ccc(CI)cc2)[C@H]1C(=O)OCc1ccccc1)c1ccccc1. The fourth-order valence-electron chi connectivity index (χ4n) is 4.34. The summed E-state index contributed by atoms with van der Waals surface area (Å²) in [6.07, 6.45) is 1.10. The highest BCUT2D eigenvalue weighted by molar-refractivity contribution is 14.1. The van der Waals surface area contributed by atoms with E-state index in [-0.39, 0.29) is 18.6 Å². The molecule has 0 unspecified atom stereocenters. The molecule has 0 aromatic heterocycles. The van der Waals surface area contributed by atoms with Crippen molar-refractivity contribution in [1.82, 2.24) is 10.2 Å². The van der Waals surface area contributed by atoms with Gasteiger partial charge in [-0.1, -0.05) is 108 Å². The molecule has 3 amide bonds. The van der Waals surface area contributed by atoms with Crippen LogP contribution in [0.15, 0.2) is 84.9 Å². The van der Waals surface area contributed by atoms with Crippen molar-refractivity contribution in [3.05, 3.63) is 107 Å². The number of hydrogen-bond donors (Lipinski definition) is 1. The van der Waals surface area contributed by atoms with Gasteiger partial charge in [0.25, 0.3) is 0 Å². The quantitative estimate of drug-likeness (QED) is 0.151. The van der Waals surface area contributed by atoms with Crippen LogP contribution in [0.25, 0.3) is 0 Å². The molecule has 0 aliphatic carbocycles. The van der Waals surface area contributed by atoms with Gasteiger partial charge in [0.1, 0.15) is 6.61 Å². The highest BCUT2D eigenvalue weighted by Gasteiger charge is 2.55. The number of imide groups is 1. The van der Waals surface area contributed by atoms with Crippen LogP contribution in [-0.4, -0.2) is 28.8 Å². The van der Waals surface area contributed by atoms with Crippen molar-refractivity contribution in [3.8, 4) is 0 Å². The van der Waals surface area contributed by atoms with Gasteiger partial charge in [-0.3, -0.25) is 4.79 Å². The number of esters is 1. The van der Waals surface area contributed by atoms with E-state index >= 15 is 0 Å². The van der Waals surface area contributed by atoms with Crippen LogP contribution in [0, 0.1) is 5.92 Å². The Balaban J connectivity index is 1.45. The molecule has 7 heteroatoms. The largest absolute Gasteiger partial charge is 0.459 e. The minimum atomic E-state index is -0.946. The summed E-state index contributed by atoms with van der Waals surface area (Å²) in [4.78, 5) is 40.3. The van der Waals surface area contributed by atoms with Crippen molar-refractivity contribution in [2.24, 2.45) is 5.92 Å². The molecule has 0 saturated carbocycles. The van der Waals surface area contributed by atoms with Crippen molar-refractivity contribution >= 4 is 40.5 Å². The van der Waals surface area contributed by atoms with E-state index in [4.69, 9.17) is 4.74 Å². The third-order valence-corrected chi connectivity index (χ3v) is 7.34. The van der Waals surface area contributed by atoms with E-state index < -0.39 is 24.0 Å². The van der Waals surface area contributed by atoms with E-state index in [0.717, 1.165) is 26.0 Å². The molecular formula is C29H29IN2O4. The Morgan fingerprint density at radius 3 is 2.17 bits per heavy atom. The molecule has 0 spiro atoms. The molecule has 1 N–H and O–H groups in total. The lowest BCUT2D eigenvalue weighted by molar-refractivity contribution is -0.170. The molecule has 1 saturated heterocycles. The third-order valence-electron chi connectivity index (χ3n) is 6.46. The van der Waals surface area contributed by atoms with Crippen molar-refractivity contribution in [1.29, 1.82) is 0 Å². The first-order valence-electron chi connectivity index (χ1n) is 12.0. The minimum absolute atomic E-state index is 0.0880. The normalized spacial score (nSPS) is 17.7. The van der Waals surface area contributed by atoms with Gasteiger partial charge in [0.15, 0.2) is 6.04 Å². The molecule has 3 aromatic rings. The number of alkyl halides is 1. The summed E-state index contributed by atoms with van der Waals surface area (Å²) in [6.45, 7) is 1.93. The lowest BCUT2D eigenvalue weighted by Gasteiger charge is -2.44. The Kier molecular flexibility index (Phi) is 8.74. The number of β-lactam (4-membered cyclic amide) rings is 1. The van der Waals surface area contributed by atoms with Crippen molar-refractivity contribution in [3.63, 3.8) is 0 Å². The molecular weight excluding hydrogens is 567 g/mol. The van der Waals surface area contributed by atoms with Crippen molar-refractivity contribution < 1.29 is 19.1 Å². The molecule has 1 aliphatic heterocycles.